The van der Waals surface area contributed by atoms with Crippen LogP contribution in [0.15, 0.2) is 150 Å². The normalized spacial score (nSPS) is 12.4. The molecule has 0 aliphatic heterocycles. The minimum absolute atomic E-state index is 0.0631. The van der Waals surface area contributed by atoms with Crippen LogP contribution in [0.25, 0.3) is 32.7 Å². The van der Waals surface area contributed by atoms with Crippen molar-refractivity contribution in [3.8, 4) is 34.1 Å². The first-order valence-corrected chi connectivity index (χ1v) is 21.7. The Morgan fingerprint density at radius 1 is 0.492 bits per heavy atom. The van der Waals surface area contributed by atoms with Crippen molar-refractivity contribution in [2.24, 2.45) is 20.5 Å². The van der Waals surface area contributed by atoms with Crippen LogP contribution in [0.4, 0.5) is 34.1 Å². The van der Waals surface area contributed by atoms with Gasteiger partial charge in [0, 0.05) is 27.5 Å². The van der Waals surface area contributed by atoms with Gasteiger partial charge < -0.3 is 25.0 Å². The number of azo groups is 2. The Hall–Kier alpha value is -7.01. The monoisotopic (exact) mass is 885 g/mol. The van der Waals surface area contributed by atoms with Gasteiger partial charge in [-0.1, -0.05) is 42.5 Å². The Labute approximate surface area is 347 Å². The van der Waals surface area contributed by atoms with Crippen molar-refractivity contribution in [3.05, 3.63) is 115 Å². The summed E-state index contributed by atoms with van der Waals surface area (Å²) in [6, 6.07) is 28.5. The highest BCUT2D eigenvalue weighted by atomic mass is 32.2. The summed E-state index contributed by atoms with van der Waals surface area (Å²) in [5.74, 6) is -1.10. The molecule has 0 aliphatic rings. The van der Waals surface area contributed by atoms with Crippen molar-refractivity contribution in [2.75, 3.05) is 19.5 Å². The number of rotatable bonds is 12. The molecule has 0 unspecified atom stereocenters. The second-order valence-corrected chi connectivity index (χ2v) is 17.2. The van der Waals surface area contributed by atoms with Crippen LogP contribution < -0.4 is 14.8 Å². The molecule has 21 heteroatoms. The van der Waals surface area contributed by atoms with Crippen molar-refractivity contribution >= 4 is 86.0 Å². The number of hydrogen-bond acceptors (Lipinski definition) is 15. The van der Waals surface area contributed by atoms with Gasteiger partial charge in [0.05, 0.1) is 14.2 Å². The van der Waals surface area contributed by atoms with Gasteiger partial charge in [-0.15, -0.1) is 20.5 Å². The lowest BCUT2D eigenvalue weighted by atomic mass is 10.0. The third-order valence-corrected chi connectivity index (χ3v) is 11.9. The first-order valence-electron chi connectivity index (χ1n) is 17.4. The van der Waals surface area contributed by atoms with Crippen LogP contribution in [0.1, 0.15) is 0 Å². The SMILES string of the molecule is COc1cc(-c2ccc(N=Nc3c(S(=O)(=O)O)cc4cc(Nc5ccccc5)ccc4c3O)c(OC)c2)ccc1N=Nc1cc(S(=O)(=O)O)c2cccc(S(=O)(=O)O)c2c1O. The summed E-state index contributed by atoms with van der Waals surface area (Å²) < 4.78 is 115. The van der Waals surface area contributed by atoms with Gasteiger partial charge in [0.2, 0.25) is 0 Å². The molecule has 0 fully saturated rings. The average molecular weight is 886 g/mol. The van der Waals surface area contributed by atoms with Crippen LogP contribution >= 0.6 is 0 Å². The van der Waals surface area contributed by atoms with Crippen molar-refractivity contribution in [3.63, 3.8) is 0 Å². The lowest BCUT2D eigenvalue weighted by Crippen LogP contribution is -2.03. The molecule has 0 atom stereocenters. The highest BCUT2D eigenvalue weighted by Gasteiger charge is 2.26. The van der Waals surface area contributed by atoms with Gasteiger partial charge in [-0.2, -0.15) is 25.3 Å². The second-order valence-electron chi connectivity index (χ2n) is 13.0. The maximum atomic E-state index is 12.5. The summed E-state index contributed by atoms with van der Waals surface area (Å²) >= 11 is 0. The number of phenolic OH excluding ortho intramolecular Hbond substituents is 2. The number of nitrogens with one attached hydrogen (secondary N) is 1. The lowest BCUT2D eigenvalue weighted by molar-refractivity contribution is 0.415. The number of phenols is 2. The molecule has 7 aromatic carbocycles. The van der Waals surface area contributed by atoms with Crippen LogP contribution in [-0.4, -0.2) is 63.3 Å². The quantitative estimate of drug-likeness (QED) is 0.0492. The van der Waals surface area contributed by atoms with Gasteiger partial charge in [-0.25, -0.2) is 0 Å². The summed E-state index contributed by atoms with van der Waals surface area (Å²) in [6.07, 6.45) is 0. The standard InChI is InChI=1S/C40H31N5O13S3/c1-57-32-18-22(11-15-29(32)42-44-31-21-35(60(51,52)53)28-9-6-10-34(59(48,49)50)37(28)40(31)47)23-12-16-30(33(19-23)58-2)43-45-38-36(61(54,55)56)20-24-17-26(13-14-27(24)39(38)46)41-25-7-4-3-5-8-25/h3-21,41,46-47H,1-2H3,(H,48,49,50)(H,51,52,53)(H,54,55,56). The average Bonchev–Trinajstić information content (AvgIpc) is 3.22. The number of benzene rings is 7. The maximum absolute atomic E-state index is 12.5. The second kappa shape index (κ2) is 16.2. The molecular weight excluding hydrogens is 855 g/mol. The molecule has 0 bridgehead atoms. The number of aromatic hydroxyl groups is 2. The van der Waals surface area contributed by atoms with Gasteiger partial charge >= 0.3 is 0 Å². The fraction of sp³-hybridized carbons (Fsp3) is 0.0500. The van der Waals surface area contributed by atoms with Crippen LogP contribution in [-0.2, 0) is 30.4 Å². The highest BCUT2D eigenvalue weighted by Crippen LogP contribution is 2.45. The Morgan fingerprint density at radius 2 is 1.07 bits per heavy atom. The summed E-state index contributed by atoms with van der Waals surface area (Å²) in [6.45, 7) is 0. The summed E-state index contributed by atoms with van der Waals surface area (Å²) in [5, 5.41) is 41.0. The number of methoxy groups -OCH3 is 2. The first-order chi connectivity index (χ1) is 28.9. The van der Waals surface area contributed by atoms with E-state index < -0.39 is 78.7 Å². The molecule has 0 spiro atoms. The molecule has 6 N–H and O–H groups in total. The third kappa shape index (κ3) is 8.68. The van der Waals surface area contributed by atoms with E-state index in [0.717, 1.165) is 30.0 Å². The zero-order valence-electron chi connectivity index (χ0n) is 31.5. The van der Waals surface area contributed by atoms with Crippen LogP contribution in [0.2, 0.25) is 0 Å². The van der Waals surface area contributed by atoms with Crippen molar-refractivity contribution < 1.29 is 58.6 Å². The molecular formula is C40H31N5O13S3. The molecule has 0 aromatic heterocycles. The molecule has 312 valence electrons. The van der Waals surface area contributed by atoms with Gasteiger partial charge in [0.25, 0.3) is 30.4 Å². The summed E-state index contributed by atoms with van der Waals surface area (Å²) in [7, 11) is -12.2. The lowest BCUT2D eigenvalue weighted by Gasteiger charge is -2.12. The number of ether oxygens (including phenoxy) is 2. The van der Waals surface area contributed by atoms with E-state index in [2.05, 4.69) is 25.8 Å². The number of anilines is 2. The van der Waals surface area contributed by atoms with Gasteiger partial charge in [0.1, 0.15) is 48.9 Å². The Kier molecular flexibility index (Phi) is 11.2. The minimum Gasteiger partial charge on any atom is -0.505 e. The largest absolute Gasteiger partial charge is 0.505 e. The van der Waals surface area contributed by atoms with Crippen LogP contribution in [0, 0.1) is 0 Å². The number of fused-ring (bicyclic) bond motifs is 2. The highest BCUT2D eigenvalue weighted by molar-refractivity contribution is 7.86. The topological polar surface area (TPSA) is 284 Å². The third-order valence-electron chi connectivity index (χ3n) is 9.20. The van der Waals surface area contributed by atoms with Crippen LogP contribution in [0.5, 0.6) is 23.0 Å². The van der Waals surface area contributed by atoms with Crippen molar-refractivity contribution in [1.29, 1.82) is 0 Å². The van der Waals surface area contributed by atoms with E-state index in [1.165, 1.54) is 32.4 Å². The van der Waals surface area contributed by atoms with Crippen molar-refractivity contribution in [1.82, 2.24) is 0 Å². The smallest absolute Gasteiger partial charge is 0.296 e. The Balaban J connectivity index is 1.21. The zero-order valence-corrected chi connectivity index (χ0v) is 33.9. The Morgan fingerprint density at radius 3 is 1.64 bits per heavy atom. The van der Waals surface area contributed by atoms with Gasteiger partial charge in [-0.3, -0.25) is 13.7 Å². The molecule has 0 amide bonds. The van der Waals surface area contributed by atoms with Gasteiger partial charge in [0.15, 0.2) is 11.5 Å². The molecule has 7 aromatic rings. The molecule has 0 saturated carbocycles. The molecule has 0 saturated heterocycles. The fourth-order valence-electron chi connectivity index (χ4n) is 6.39. The summed E-state index contributed by atoms with van der Waals surface area (Å²) in [5.41, 5.74) is 1.55. The van der Waals surface area contributed by atoms with E-state index in [4.69, 9.17) is 9.47 Å². The predicted octanol–water partition coefficient (Wildman–Crippen LogP) is 9.40. The number of hydrogen-bond donors (Lipinski definition) is 6. The number of nitrogens with zero attached hydrogens (tertiary/aromatic N) is 4. The molecule has 18 nitrogen and oxygen atoms in total. The van der Waals surface area contributed by atoms with E-state index >= 15 is 0 Å². The molecule has 7 rings (SSSR count). The first kappa shape index (κ1) is 42.1. The Bertz CT molecular complexity index is 3310. The maximum Gasteiger partial charge on any atom is 0.296 e. The predicted molar refractivity (Wildman–Crippen MR) is 224 cm³/mol. The van der Waals surface area contributed by atoms with E-state index in [0.29, 0.717) is 22.2 Å². The van der Waals surface area contributed by atoms with Crippen LogP contribution in [0.3, 0.4) is 0 Å². The van der Waals surface area contributed by atoms with E-state index in [-0.39, 0.29) is 28.3 Å². The van der Waals surface area contributed by atoms with Gasteiger partial charge in [-0.05, 0) is 89.3 Å². The zero-order chi connectivity index (χ0) is 43.9. The molecule has 0 heterocycles. The van der Waals surface area contributed by atoms with E-state index in [1.54, 1.807) is 42.5 Å². The molecule has 0 aliphatic carbocycles. The van der Waals surface area contributed by atoms with Crippen molar-refractivity contribution in [2.45, 2.75) is 14.7 Å². The summed E-state index contributed by atoms with van der Waals surface area (Å²) in [4.78, 5) is -2.33. The number of para-hydroxylation sites is 1. The van der Waals surface area contributed by atoms with E-state index in [1.807, 2.05) is 30.3 Å². The van der Waals surface area contributed by atoms with E-state index in [9.17, 15) is 49.1 Å². The fourth-order valence-corrected chi connectivity index (χ4v) is 8.47. The minimum atomic E-state index is -5.00. The molecule has 61 heavy (non-hydrogen) atoms. The molecule has 0 radical (unpaired) electrons.